The molecule has 3 N–H and O–H groups in total. The molecule has 1 aliphatic carbocycles. The number of aliphatic hydroxyl groups is 1. The lowest BCUT2D eigenvalue weighted by atomic mass is 9.66. The van der Waals surface area contributed by atoms with Crippen molar-refractivity contribution in [1.82, 2.24) is 24.9 Å². The molecule has 2 fully saturated rings. The first-order valence-electron chi connectivity index (χ1n) is 8.70. The van der Waals surface area contributed by atoms with Crippen molar-refractivity contribution in [1.29, 1.82) is 0 Å². The number of nitrogens with one attached hydrogen (secondary N) is 2. The lowest BCUT2D eigenvalue weighted by Crippen LogP contribution is -2.48. The molecule has 1 saturated heterocycles. The molecule has 4 rings (SSSR count). The minimum Gasteiger partial charge on any atom is -0.390 e. The first-order valence-corrected chi connectivity index (χ1v) is 9.08. The van der Waals surface area contributed by atoms with E-state index in [-0.39, 0.29) is 11.5 Å². The maximum absolute atomic E-state index is 10.1. The molecule has 8 heteroatoms. The number of rotatable bonds is 4. The molecule has 1 aliphatic heterocycles. The van der Waals surface area contributed by atoms with Crippen LogP contribution in [0.1, 0.15) is 44.9 Å². The highest BCUT2D eigenvalue weighted by molar-refractivity contribution is 6.32. The Balaban J connectivity index is 1.69. The van der Waals surface area contributed by atoms with Gasteiger partial charge >= 0.3 is 0 Å². The van der Waals surface area contributed by atoms with Gasteiger partial charge in [-0.2, -0.15) is 0 Å². The first kappa shape index (κ1) is 16.1. The topological polar surface area (TPSA) is 87.4 Å². The Hall–Kier alpha value is -1.44. The van der Waals surface area contributed by atoms with Gasteiger partial charge in [-0.05, 0) is 32.2 Å². The van der Waals surface area contributed by atoms with E-state index in [1.165, 1.54) is 6.42 Å². The van der Waals surface area contributed by atoms with Crippen LogP contribution in [0, 0.1) is 0 Å². The molecule has 0 aromatic carbocycles. The zero-order valence-corrected chi connectivity index (χ0v) is 14.6. The summed E-state index contributed by atoms with van der Waals surface area (Å²) < 4.78 is 1.84. The molecule has 0 unspecified atom stereocenters. The van der Waals surface area contributed by atoms with Gasteiger partial charge in [-0.3, -0.25) is 0 Å². The highest BCUT2D eigenvalue weighted by atomic mass is 35.5. The Morgan fingerprint density at radius 1 is 1.50 bits per heavy atom. The Kier molecular flexibility index (Phi) is 4.10. The van der Waals surface area contributed by atoms with Gasteiger partial charge in [0.25, 0.3) is 0 Å². The molecule has 1 saturated carbocycles. The molecule has 2 aromatic heterocycles. The molecule has 0 amide bonds. The monoisotopic (exact) mass is 350 g/mol. The maximum Gasteiger partial charge on any atom is 0.241 e. The SMILES string of the molecule is CCC1(c2nc(Cl)c3cnc(N[C@@H]4CCNC[C@H]4O)nn23)CCC1. The highest BCUT2D eigenvalue weighted by Crippen LogP contribution is 2.46. The molecule has 0 bridgehead atoms. The predicted octanol–water partition coefficient (Wildman–Crippen LogP) is 1.74. The number of anilines is 1. The van der Waals surface area contributed by atoms with Crippen LogP contribution in [0.3, 0.4) is 0 Å². The number of hydrogen-bond acceptors (Lipinski definition) is 6. The zero-order valence-electron chi connectivity index (χ0n) is 13.8. The van der Waals surface area contributed by atoms with Crippen LogP contribution in [-0.4, -0.2) is 49.9 Å². The fourth-order valence-electron chi connectivity index (χ4n) is 3.78. The number of β-amino-alcohol motifs (C(OH)–C–C–N with tert-alkyl or cyclic N) is 1. The molecule has 0 spiro atoms. The first-order chi connectivity index (χ1) is 11.6. The summed E-state index contributed by atoms with van der Waals surface area (Å²) in [6.07, 6.45) is 6.60. The lowest BCUT2D eigenvalue weighted by Gasteiger charge is -2.39. The molecule has 3 heterocycles. The van der Waals surface area contributed by atoms with Crippen molar-refractivity contribution in [2.24, 2.45) is 0 Å². The van der Waals surface area contributed by atoms with E-state index in [1.807, 2.05) is 4.52 Å². The zero-order chi connectivity index (χ0) is 16.7. The fourth-order valence-corrected chi connectivity index (χ4v) is 3.98. The smallest absolute Gasteiger partial charge is 0.241 e. The summed E-state index contributed by atoms with van der Waals surface area (Å²) in [5.74, 6) is 1.45. The van der Waals surface area contributed by atoms with Gasteiger partial charge in [0.1, 0.15) is 11.3 Å². The van der Waals surface area contributed by atoms with Gasteiger partial charge in [0.2, 0.25) is 5.95 Å². The van der Waals surface area contributed by atoms with Gasteiger partial charge in [0.15, 0.2) is 5.15 Å². The van der Waals surface area contributed by atoms with Crippen LogP contribution >= 0.6 is 11.6 Å². The minimum atomic E-state index is -0.447. The van der Waals surface area contributed by atoms with E-state index in [0.29, 0.717) is 17.6 Å². The lowest BCUT2D eigenvalue weighted by molar-refractivity contribution is 0.128. The van der Waals surface area contributed by atoms with Crippen LogP contribution in [0.15, 0.2) is 6.20 Å². The molecule has 2 aliphatic rings. The minimum absolute atomic E-state index is 0.0463. The second-order valence-electron chi connectivity index (χ2n) is 6.90. The van der Waals surface area contributed by atoms with E-state index in [0.717, 1.165) is 43.6 Å². The van der Waals surface area contributed by atoms with Crippen LogP contribution in [0.5, 0.6) is 0 Å². The van der Waals surface area contributed by atoms with Crippen molar-refractivity contribution in [2.75, 3.05) is 18.4 Å². The van der Waals surface area contributed by atoms with E-state index >= 15 is 0 Å². The standard InChI is InChI=1S/C16H23ClN6O/c1-2-16(5-3-6-16)14-21-13(17)11-8-19-15(22-23(11)14)20-10-4-7-18-9-12(10)24/h8,10,12,18,24H,2-7,9H2,1H3,(H,20,22)/t10-,12-/m1/s1. The van der Waals surface area contributed by atoms with Crippen LogP contribution in [0.25, 0.3) is 5.52 Å². The van der Waals surface area contributed by atoms with E-state index in [9.17, 15) is 5.11 Å². The summed E-state index contributed by atoms with van der Waals surface area (Å²) >= 11 is 6.31. The van der Waals surface area contributed by atoms with Crippen LogP contribution in [0.4, 0.5) is 5.95 Å². The van der Waals surface area contributed by atoms with Crippen LogP contribution < -0.4 is 10.6 Å². The average Bonchev–Trinajstić information content (AvgIpc) is 2.86. The maximum atomic E-state index is 10.1. The van der Waals surface area contributed by atoms with Crippen molar-refractivity contribution < 1.29 is 5.11 Å². The summed E-state index contributed by atoms with van der Waals surface area (Å²) in [6.45, 7) is 3.65. The summed E-state index contributed by atoms with van der Waals surface area (Å²) in [7, 11) is 0. The van der Waals surface area contributed by atoms with Crippen LogP contribution in [-0.2, 0) is 5.41 Å². The van der Waals surface area contributed by atoms with Gasteiger partial charge in [-0.25, -0.2) is 14.5 Å². The number of fused-ring (bicyclic) bond motifs is 1. The molecule has 2 atom stereocenters. The molecular formula is C16H23ClN6O. The third-order valence-electron chi connectivity index (χ3n) is 5.57. The van der Waals surface area contributed by atoms with Crippen molar-refractivity contribution >= 4 is 23.1 Å². The van der Waals surface area contributed by atoms with Gasteiger partial charge in [0, 0.05) is 12.0 Å². The molecular weight excluding hydrogens is 328 g/mol. The Morgan fingerprint density at radius 2 is 2.33 bits per heavy atom. The largest absolute Gasteiger partial charge is 0.390 e. The Bertz CT molecular complexity index is 738. The van der Waals surface area contributed by atoms with E-state index in [4.69, 9.17) is 11.6 Å². The van der Waals surface area contributed by atoms with Gasteiger partial charge in [0.05, 0.1) is 18.3 Å². The number of aliphatic hydroxyl groups excluding tert-OH is 1. The quantitative estimate of drug-likeness (QED) is 0.778. The number of halogens is 1. The summed E-state index contributed by atoms with van der Waals surface area (Å²) in [5.41, 5.74) is 0.818. The van der Waals surface area contributed by atoms with E-state index in [2.05, 4.69) is 32.6 Å². The van der Waals surface area contributed by atoms with Crippen LogP contribution in [0.2, 0.25) is 5.15 Å². The summed E-state index contributed by atoms with van der Waals surface area (Å²) in [6, 6.07) is -0.0463. The van der Waals surface area contributed by atoms with E-state index in [1.54, 1.807) is 6.20 Å². The van der Waals surface area contributed by atoms with Crippen molar-refractivity contribution in [3.63, 3.8) is 0 Å². The summed E-state index contributed by atoms with van der Waals surface area (Å²) in [5, 5.41) is 21.6. The molecule has 24 heavy (non-hydrogen) atoms. The number of aromatic nitrogens is 4. The van der Waals surface area contributed by atoms with Crippen molar-refractivity contribution in [2.45, 2.75) is 56.6 Å². The van der Waals surface area contributed by atoms with Gasteiger partial charge < -0.3 is 15.7 Å². The third kappa shape index (κ3) is 2.55. The third-order valence-corrected chi connectivity index (χ3v) is 5.85. The van der Waals surface area contributed by atoms with Gasteiger partial charge in [-0.1, -0.05) is 24.9 Å². The number of hydrogen-bond donors (Lipinski definition) is 3. The predicted molar refractivity (Wildman–Crippen MR) is 92.5 cm³/mol. The second-order valence-corrected chi connectivity index (χ2v) is 7.26. The Morgan fingerprint density at radius 3 is 3.00 bits per heavy atom. The van der Waals surface area contributed by atoms with Crippen molar-refractivity contribution in [3.05, 3.63) is 17.2 Å². The average molecular weight is 351 g/mol. The molecule has 0 radical (unpaired) electrons. The Labute approximate surface area is 145 Å². The number of imidazole rings is 1. The fraction of sp³-hybridized carbons (Fsp3) is 0.688. The second kappa shape index (κ2) is 6.13. The van der Waals surface area contributed by atoms with Gasteiger partial charge in [-0.15, -0.1) is 5.10 Å². The van der Waals surface area contributed by atoms with E-state index < -0.39 is 6.10 Å². The van der Waals surface area contributed by atoms with Crippen molar-refractivity contribution in [3.8, 4) is 0 Å². The molecule has 130 valence electrons. The normalized spacial score (nSPS) is 26.3. The number of piperidine rings is 1. The summed E-state index contributed by atoms with van der Waals surface area (Å²) in [4.78, 5) is 8.96. The molecule has 2 aromatic rings. The number of nitrogens with zero attached hydrogens (tertiary/aromatic N) is 4. The molecule has 7 nitrogen and oxygen atoms in total. The highest BCUT2D eigenvalue weighted by Gasteiger charge is 2.41.